The quantitative estimate of drug-likeness (QED) is 0.138. The third-order valence-electron chi connectivity index (χ3n) is 7.91. The van der Waals surface area contributed by atoms with Gasteiger partial charge in [-0.3, -0.25) is 9.59 Å². The van der Waals surface area contributed by atoms with Crippen LogP contribution >= 0.6 is 0 Å². The van der Waals surface area contributed by atoms with E-state index in [1.54, 1.807) is 0 Å². The molecule has 1 aliphatic carbocycles. The summed E-state index contributed by atoms with van der Waals surface area (Å²) in [6.45, 7) is 0.913. The molecule has 5 rings (SSSR count). The van der Waals surface area contributed by atoms with Crippen molar-refractivity contribution in [1.82, 2.24) is 10.6 Å². The van der Waals surface area contributed by atoms with Gasteiger partial charge in [-0.05, 0) is 44.5 Å². The largest absolute Gasteiger partial charge is 0.507 e. The fraction of sp³-hybridized carbons (Fsp3) is 0.278. The van der Waals surface area contributed by atoms with Crippen LogP contribution in [0.15, 0.2) is 72.8 Å². The Morgan fingerprint density at radius 2 is 0.826 bits per heavy atom. The molecule has 10 nitrogen and oxygen atoms in total. The summed E-state index contributed by atoms with van der Waals surface area (Å²) in [4.78, 5) is 24.9. The van der Waals surface area contributed by atoms with Crippen LogP contribution in [0.4, 0.5) is 0 Å². The minimum atomic E-state index is -0.293. The maximum Gasteiger partial charge on any atom is 0.257 e. The zero-order valence-corrected chi connectivity index (χ0v) is 25.7. The van der Waals surface area contributed by atoms with Gasteiger partial charge in [0.15, 0.2) is 13.2 Å². The first kappa shape index (κ1) is 32.3. The van der Waals surface area contributed by atoms with Crippen molar-refractivity contribution < 1.29 is 29.3 Å². The number of ether oxygens (including phenoxy) is 2. The zero-order chi connectivity index (χ0) is 32.5. The predicted octanol–water partition coefficient (Wildman–Crippen LogP) is 2.68. The van der Waals surface area contributed by atoms with Gasteiger partial charge < -0.3 is 41.8 Å². The van der Waals surface area contributed by atoms with E-state index in [1.807, 2.05) is 72.8 Å². The van der Waals surface area contributed by atoms with Gasteiger partial charge in [0, 0.05) is 51.9 Å². The van der Waals surface area contributed by atoms with Gasteiger partial charge in [-0.15, -0.1) is 0 Å². The summed E-state index contributed by atoms with van der Waals surface area (Å²) in [5.41, 5.74) is 16.9. The molecule has 0 aromatic heterocycles. The van der Waals surface area contributed by atoms with Crippen LogP contribution in [0.1, 0.15) is 44.5 Å². The molecule has 4 aromatic rings. The molecule has 0 saturated heterocycles. The number of aromatic hydroxyl groups is 2. The molecular weight excluding hydrogens is 584 g/mol. The summed E-state index contributed by atoms with van der Waals surface area (Å²) in [7, 11) is 0. The molecule has 10 heteroatoms. The van der Waals surface area contributed by atoms with Crippen LogP contribution in [-0.2, 0) is 35.3 Å². The monoisotopic (exact) mass is 624 g/mol. The van der Waals surface area contributed by atoms with E-state index in [9.17, 15) is 19.8 Å². The lowest BCUT2D eigenvalue weighted by Gasteiger charge is -2.20. The minimum Gasteiger partial charge on any atom is -0.507 e. The highest BCUT2D eigenvalue weighted by molar-refractivity contribution is 5.78. The van der Waals surface area contributed by atoms with Crippen LogP contribution < -0.4 is 31.6 Å². The molecule has 8 N–H and O–H groups in total. The van der Waals surface area contributed by atoms with E-state index in [0.29, 0.717) is 85.6 Å². The summed E-state index contributed by atoms with van der Waals surface area (Å²) < 4.78 is 12.3. The predicted molar refractivity (Wildman–Crippen MR) is 175 cm³/mol. The van der Waals surface area contributed by atoms with Gasteiger partial charge in [0.1, 0.15) is 23.0 Å². The van der Waals surface area contributed by atoms with Crippen LogP contribution in [0.25, 0.3) is 0 Å². The number of carbonyl (C=O) groups excluding carboxylic acids is 2. The van der Waals surface area contributed by atoms with Gasteiger partial charge >= 0.3 is 0 Å². The van der Waals surface area contributed by atoms with Crippen molar-refractivity contribution >= 4 is 11.8 Å². The molecule has 0 fully saturated rings. The van der Waals surface area contributed by atoms with Crippen molar-refractivity contribution in [1.29, 1.82) is 0 Å². The van der Waals surface area contributed by atoms with E-state index in [4.69, 9.17) is 20.9 Å². The van der Waals surface area contributed by atoms with Crippen molar-refractivity contribution in [2.45, 2.75) is 25.7 Å². The molecule has 0 unspecified atom stereocenters. The van der Waals surface area contributed by atoms with E-state index in [0.717, 1.165) is 22.3 Å². The van der Waals surface area contributed by atoms with Crippen LogP contribution in [0.5, 0.6) is 23.0 Å². The van der Waals surface area contributed by atoms with E-state index < -0.39 is 0 Å². The third kappa shape index (κ3) is 7.77. The molecule has 0 heterocycles. The Balaban J connectivity index is 1.60. The van der Waals surface area contributed by atoms with Crippen LogP contribution in [0.2, 0.25) is 0 Å². The lowest BCUT2D eigenvalue weighted by molar-refractivity contribution is -0.123. The number of benzene rings is 4. The molecule has 1 aliphatic rings. The van der Waals surface area contributed by atoms with E-state index in [2.05, 4.69) is 10.6 Å². The van der Waals surface area contributed by atoms with Gasteiger partial charge in [-0.25, -0.2) is 0 Å². The number of hydrogen-bond donors (Lipinski definition) is 6. The number of fused-ring (bicyclic) bond motifs is 8. The van der Waals surface area contributed by atoms with Crippen LogP contribution in [0.3, 0.4) is 0 Å². The molecular formula is C36H40N4O6. The Kier molecular flexibility index (Phi) is 10.7. The first-order valence-electron chi connectivity index (χ1n) is 15.4. The SMILES string of the molecule is NCCNC(=O)COc1c2cccc1Cc1cccc(c1O)Cc1cccc(c1OCC(=O)NCCN)Cc1cccc(c1O)C2. The maximum atomic E-state index is 12.5. The Hall–Kier alpha value is -5.06. The molecule has 0 atom stereocenters. The van der Waals surface area contributed by atoms with Gasteiger partial charge in [0.25, 0.3) is 11.8 Å². The normalized spacial score (nSPS) is 12.2. The lowest BCUT2D eigenvalue weighted by Crippen LogP contribution is -2.33. The van der Waals surface area contributed by atoms with Gasteiger partial charge in [-0.2, -0.15) is 0 Å². The highest BCUT2D eigenvalue weighted by Crippen LogP contribution is 2.37. The first-order valence-corrected chi connectivity index (χ1v) is 15.4. The number of rotatable bonds is 10. The number of para-hydroxylation sites is 4. The molecule has 2 amide bonds. The second-order valence-electron chi connectivity index (χ2n) is 11.2. The summed E-state index contributed by atoms with van der Waals surface area (Å²) in [5.74, 6) is 0.762. The first-order chi connectivity index (χ1) is 22.4. The molecule has 0 radical (unpaired) electrons. The summed E-state index contributed by atoms with van der Waals surface area (Å²) >= 11 is 0. The molecule has 8 bridgehead atoms. The van der Waals surface area contributed by atoms with E-state index in [-0.39, 0.29) is 36.5 Å². The van der Waals surface area contributed by atoms with Crippen molar-refractivity contribution in [2.24, 2.45) is 11.5 Å². The molecule has 46 heavy (non-hydrogen) atoms. The number of nitrogens with one attached hydrogen (secondary N) is 2. The number of phenols is 2. The van der Waals surface area contributed by atoms with Gasteiger partial charge in [-0.1, -0.05) is 72.8 Å². The molecule has 0 saturated carbocycles. The molecule has 240 valence electrons. The number of carbonyl (C=O) groups is 2. The number of amides is 2. The van der Waals surface area contributed by atoms with E-state index >= 15 is 0 Å². The standard InChI is InChI=1S/C36H40N4O6/c37-13-15-39-31(41)21-45-35-27-9-3-11-29(35)19-25-7-2-8-26(34(25)44)20-30-12-4-10-28(36(30)46-22-32(42)40-16-14-38)18-24-6-1-5-23(17-27)33(24)43/h1-12,43-44H,13-22,37-38H2,(H,39,41)(H,40,42). The average Bonchev–Trinajstić information content (AvgIpc) is 3.05. The highest BCUT2D eigenvalue weighted by atomic mass is 16.5. The highest BCUT2D eigenvalue weighted by Gasteiger charge is 2.21. The minimum absolute atomic E-state index is 0.145. The number of nitrogens with two attached hydrogens (primary N) is 2. The fourth-order valence-electron chi connectivity index (χ4n) is 5.68. The second-order valence-corrected chi connectivity index (χ2v) is 11.2. The maximum absolute atomic E-state index is 12.5. The Morgan fingerprint density at radius 1 is 0.543 bits per heavy atom. The van der Waals surface area contributed by atoms with Crippen molar-refractivity contribution in [3.8, 4) is 23.0 Å². The van der Waals surface area contributed by atoms with Gasteiger partial charge in [0.05, 0.1) is 0 Å². The number of hydrogen-bond acceptors (Lipinski definition) is 8. The second kappa shape index (κ2) is 15.3. The molecule has 4 aromatic carbocycles. The van der Waals surface area contributed by atoms with E-state index in [1.165, 1.54) is 0 Å². The Labute approximate surface area is 268 Å². The van der Waals surface area contributed by atoms with Crippen LogP contribution in [0, 0.1) is 0 Å². The number of phenolic OH excluding ortho intramolecular Hbond substituents is 2. The zero-order valence-electron chi connectivity index (χ0n) is 25.7. The molecule has 0 aliphatic heterocycles. The third-order valence-corrected chi connectivity index (χ3v) is 7.91. The fourth-order valence-corrected chi connectivity index (χ4v) is 5.68. The smallest absolute Gasteiger partial charge is 0.257 e. The average molecular weight is 625 g/mol. The van der Waals surface area contributed by atoms with Crippen molar-refractivity contribution in [2.75, 3.05) is 39.4 Å². The van der Waals surface area contributed by atoms with Gasteiger partial charge in [0.2, 0.25) is 0 Å². The lowest BCUT2D eigenvalue weighted by atomic mass is 9.91. The Morgan fingerprint density at radius 3 is 1.11 bits per heavy atom. The van der Waals surface area contributed by atoms with Crippen LogP contribution in [-0.4, -0.2) is 61.4 Å². The summed E-state index contributed by atoms with van der Waals surface area (Å²) in [6.07, 6.45) is 1.35. The Bertz CT molecular complexity index is 1500. The van der Waals surface area contributed by atoms with Crippen molar-refractivity contribution in [3.63, 3.8) is 0 Å². The van der Waals surface area contributed by atoms with Crippen molar-refractivity contribution in [3.05, 3.63) is 117 Å². The molecule has 0 spiro atoms. The summed E-state index contributed by atoms with van der Waals surface area (Å²) in [6, 6.07) is 22.7. The topological polar surface area (TPSA) is 169 Å². The summed E-state index contributed by atoms with van der Waals surface area (Å²) in [5, 5.41) is 28.5.